The average Bonchev–Trinajstić information content (AvgIpc) is 2.69. The maximum Gasteiger partial charge on any atom is 0.336 e. The average molecular weight is 379 g/mol. The number of nitrogens with zero attached hydrogens (tertiary/aromatic N) is 1. The summed E-state index contributed by atoms with van der Waals surface area (Å²) in [6.07, 6.45) is 1.63. The van der Waals surface area contributed by atoms with E-state index in [0.717, 1.165) is 5.56 Å². The van der Waals surface area contributed by atoms with E-state index in [1.807, 2.05) is 6.92 Å². The van der Waals surface area contributed by atoms with Crippen LogP contribution in [-0.2, 0) is 9.53 Å². The van der Waals surface area contributed by atoms with Crippen molar-refractivity contribution in [1.82, 2.24) is 4.98 Å². The highest BCUT2D eigenvalue weighted by atomic mass is 16.5. The van der Waals surface area contributed by atoms with Gasteiger partial charge in [0.2, 0.25) is 0 Å². The first kappa shape index (κ1) is 19.2. The molecule has 2 N–H and O–H groups in total. The van der Waals surface area contributed by atoms with E-state index in [1.54, 1.807) is 38.2 Å². The number of aromatic amines is 1. The lowest BCUT2D eigenvalue weighted by Gasteiger charge is -2.31. The molecule has 28 heavy (non-hydrogen) atoms. The van der Waals surface area contributed by atoms with Gasteiger partial charge in [-0.3, -0.25) is 4.79 Å². The molecule has 0 bridgehead atoms. The van der Waals surface area contributed by atoms with Crippen molar-refractivity contribution in [3.8, 4) is 11.8 Å². The Kier molecular flexibility index (Phi) is 5.23. The Morgan fingerprint density at radius 3 is 2.71 bits per heavy atom. The van der Waals surface area contributed by atoms with Crippen molar-refractivity contribution in [2.45, 2.75) is 26.7 Å². The summed E-state index contributed by atoms with van der Waals surface area (Å²) in [6, 6.07) is 7.02. The van der Waals surface area contributed by atoms with Crippen molar-refractivity contribution < 1.29 is 14.3 Å². The minimum Gasteiger partial charge on any atom is -0.496 e. The Hall–Kier alpha value is -3.53. The number of esters is 1. The number of fused-ring (bicyclic) bond motifs is 1. The first-order chi connectivity index (χ1) is 13.4. The molecule has 144 valence electrons. The summed E-state index contributed by atoms with van der Waals surface area (Å²) in [5.41, 5.74) is 3.59. The van der Waals surface area contributed by atoms with Crippen molar-refractivity contribution in [2.24, 2.45) is 0 Å². The molecular weight excluding hydrogens is 358 g/mol. The third-order valence-electron chi connectivity index (χ3n) is 4.79. The van der Waals surface area contributed by atoms with E-state index < -0.39 is 11.9 Å². The Labute approximate surface area is 162 Å². The number of carbonyl (C=O) groups is 1. The van der Waals surface area contributed by atoms with Crippen LogP contribution in [0.3, 0.4) is 0 Å². The quantitative estimate of drug-likeness (QED) is 0.792. The van der Waals surface area contributed by atoms with Gasteiger partial charge in [-0.25, -0.2) is 4.79 Å². The zero-order chi connectivity index (χ0) is 20.4. The first-order valence-corrected chi connectivity index (χ1v) is 8.88. The van der Waals surface area contributed by atoms with Gasteiger partial charge in [0.15, 0.2) is 0 Å². The lowest BCUT2D eigenvalue weighted by atomic mass is 9.80. The van der Waals surface area contributed by atoms with Gasteiger partial charge in [0, 0.05) is 17.5 Å². The standard InChI is InChI=1S/C21H21N3O4/c1-5-28-21(26)16-12(3)24-19-11(2)10-23-20(25)18(19)17(16)14-7-6-13(9-22)8-15(14)27-4/h6-8,10,17,24H,5H2,1-4H3,(H,23,25). The lowest BCUT2D eigenvalue weighted by Crippen LogP contribution is -2.30. The van der Waals surface area contributed by atoms with Gasteiger partial charge in [-0.2, -0.15) is 5.26 Å². The van der Waals surface area contributed by atoms with Gasteiger partial charge in [-0.05, 0) is 38.5 Å². The molecule has 0 saturated carbocycles. The van der Waals surface area contributed by atoms with Gasteiger partial charge in [0.25, 0.3) is 5.56 Å². The number of pyridine rings is 1. The van der Waals surface area contributed by atoms with Crippen LogP contribution >= 0.6 is 0 Å². The minimum atomic E-state index is -0.693. The van der Waals surface area contributed by atoms with Gasteiger partial charge in [-0.15, -0.1) is 0 Å². The summed E-state index contributed by atoms with van der Waals surface area (Å²) >= 11 is 0. The molecule has 0 radical (unpaired) electrons. The fraction of sp³-hybridized carbons (Fsp3) is 0.286. The van der Waals surface area contributed by atoms with Crippen LogP contribution in [0, 0.1) is 18.3 Å². The van der Waals surface area contributed by atoms with Gasteiger partial charge >= 0.3 is 5.97 Å². The van der Waals surface area contributed by atoms with Crippen molar-refractivity contribution in [2.75, 3.05) is 19.0 Å². The van der Waals surface area contributed by atoms with Gasteiger partial charge in [0.1, 0.15) is 5.75 Å². The van der Waals surface area contributed by atoms with Crippen LogP contribution in [0.1, 0.15) is 42.0 Å². The Balaban J connectivity index is 2.35. The summed E-state index contributed by atoms with van der Waals surface area (Å²) in [4.78, 5) is 28.3. The van der Waals surface area contributed by atoms with Crippen LogP contribution < -0.4 is 15.6 Å². The molecule has 1 atom stereocenters. The van der Waals surface area contributed by atoms with Gasteiger partial charge in [-0.1, -0.05) is 6.07 Å². The molecule has 0 aliphatic carbocycles. The zero-order valence-electron chi connectivity index (χ0n) is 16.2. The third kappa shape index (κ3) is 3.14. The highest BCUT2D eigenvalue weighted by Gasteiger charge is 2.37. The number of benzene rings is 1. The molecule has 7 heteroatoms. The van der Waals surface area contributed by atoms with E-state index in [1.165, 1.54) is 7.11 Å². The molecular formula is C21H21N3O4. The molecule has 0 saturated heterocycles. The molecule has 1 aromatic heterocycles. The lowest BCUT2D eigenvalue weighted by molar-refractivity contribution is -0.138. The number of aryl methyl sites for hydroxylation is 1. The number of ether oxygens (including phenoxy) is 2. The SMILES string of the molecule is CCOC(=O)C1=C(C)Nc2c(C)c[nH]c(=O)c2C1c1ccc(C#N)cc1OC. The van der Waals surface area contributed by atoms with Crippen LogP contribution in [0.2, 0.25) is 0 Å². The molecule has 3 rings (SSSR count). The predicted octanol–water partition coefficient (Wildman–Crippen LogP) is 2.96. The molecule has 2 aromatic rings. The number of carbonyl (C=O) groups excluding carboxylic acids is 1. The molecule has 1 aliphatic heterocycles. The van der Waals surface area contributed by atoms with Gasteiger partial charge < -0.3 is 19.8 Å². The van der Waals surface area contributed by atoms with Crippen molar-refractivity contribution in [3.05, 3.63) is 68.3 Å². The van der Waals surface area contributed by atoms with Crippen molar-refractivity contribution >= 4 is 11.7 Å². The van der Waals surface area contributed by atoms with Crippen molar-refractivity contribution in [3.63, 3.8) is 0 Å². The second-order valence-corrected chi connectivity index (χ2v) is 6.48. The molecule has 0 spiro atoms. The number of nitriles is 1. The number of nitrogens with one attached hydrogen (secondary N) is 2. The van der Waals surface area contributed by atoms with E-state index in [2.05, 4.69) is 16.4 Å². The second kappa shape index (κ2) is 7.61. The molecule has 1 aliphatic rings. The maximum absolute atomic E-state index is 12.8. The fourth-order valence-electron chi connectivity index (χ4n) is 3.52. The molecule has 2 heterocycles. The summed E-state index contributed by atoms with van der Waals surface area (Å²) in [6.45, 7) is 5.59. The molecule has 0 fully saturated rings. The number of anilines is 1. The number of hydrogen-bond acceptors (Lipinski definition) is 6. The Bertz CT molecular complexity index is 1080. The fourth-order valence-corrected chi connectivity index (χ4v) is 3.52. The number of aromatic nitrogens is 1. The first-order valence-electron chi connectivity index (χ1n) is 8.88. The summed E-state index contributed by atoms with van der Waals surface area (Å²) < 4.78 is 10.8. The zero-order valence-corrected chi connectivity index (χ0v) is 16.2. The molecule has 1 aromatic carbocycles. The monoisotopic (exact) mass is 379 g/mol. The topological polar surface area (TPSA) is 104 Å². The van der Waals surface area contributed by atoms with Crippen LogP contribution in [-0.4, -0.2) is 24.7 Å². The van der Waals surface area contributed by atoms with E-state index >= 15 is 0 Å². The Morgan fingerprint density at radius 2 is 2.07 bits per heavy atom. The predicted molar refractivity (Wildman–Crippen MR) is 104 cm³/mol. The largest absolute Gasteiger partial charge is 0.496 e. The third-order valence-corrected chi connectivity index (χ3v) is 4.79. The number of allylic oxidation sites excluding steroid dienone is 1. The van der Waals surface area contributed by atoms with Crippen LogP contribution in [0.4, 0.5) is 5.69 Å². The second-order valence-electron chi connectivity index (χ2n) is 6.48. The smallest absolute Gasteiger partial charge is 0.336 e. The van der Waals surface area contributed by atoms with E-state index in [-0.39, 0.29) is 12.2 Å². The minimum absolute atomic E-state index is 0.212. The number of methoxy groups -OCH3 is 1. The maximum atomic E-state index is 12.8. The van der Waals surface area contributed by atoms with Crippen LogP contribution in [0.5, 0.6) is 5.75 Å². The van der Waals surface area contributed by atoms with Crippen molar-refractivity contribution in [1.29, 1.82) is 5.26 Å². The van der Waals surface area contributed by atoms with E-state index in [9.17, 15) is 14.9 Å². The summed E-state index contributed by atoms with van der Waals surface area (Å²) in [5, 5.41) is 12.4. The van der Waals surface area contributed by atoms with Gasteiger partial charge in [0.05, 0.1) is 48.1 Å². The molecule has 0 amide bonds. The van der Waals surface area contributed by atoms with Crippen LogP contribution in [0.15, 0.2) is 40.5 Å². The number of H-pyrrole nitrogens is 1. The molecule has 1 unspecified atom stereocenters. The Morgan fingerprint density at radius 1 is 1.32 bits per heavy atom. The molecule has 7 nitrogen and oxygen atoms in total. The highest BCUT2D eigenvalue weighted by molar-refractivity contribution is 5.95. The number of rotatable bonds is 4. The van der Waals surface area contributed by atoms with E-state index in [0.29, 0.717) is 39.4 Å². The van der Waals surface area contributed by atoms with E-state index in [4.69, 9.17) is 9.47 Å². The summed E-state index contributed by atoms with van der Waals surface area (Å²) in [5.74, 6) is -0.774. The number of hydrogen-bond donors (Lipinski definition) is 2. The normalized spacial score (nSPS) is 15.3. The summed E-state index contributed by atoms with van der Waals surface area (Å²) in [7, 11) is 1.49. The van der Waals surface area contributed by atoms with Crippen LogP contribution in [0.25, 0.3) is 0 Å². The highest BCUT2D eigenvalue weighted by Crippen LogP contribution is 2.44.